The van der Waals surface area contributed by atoms with Gasteiger partial charge in [-0.3, -0.25) is 9.63 Å². The van der Waals surface area contributed by atoms with Gasteiger partial charge in [0.05, 0.1) is 31.8 Å². The number of hydroxylamine groups is 2. The molecule has 2 saturated heterocycles. The van der Waals surface area contributed by atoms with E-state index in [0.717, 1.165) is 0 Å². The lowest BCUT2D eigenvalue weighted by molar-refractivity contribution is -0.193. The first kappa shape index (κ1) is 16.8. The summed E-state index contributed by atoms with van der Waals surface area (Å²) in [6.45, 7) is 9.15. The van der Waals surface area contributed by atoms with Crippen molar-refractivity contribution in [2.45, 2.75) is 77.5 Å². The number of methoxy groups -OCH3 is 1. The quantitative estimate of drug-likeness (QED) is 0.789. The third-order valence-electron chi connectivity index (χ3n) is 7.84. The highest BCUT2D eigenvalue weighted by Crippen LogP contribution is 2.70. The summed E-state index contributed by atoms with van der Waals surface area (Å²) in [4.78, 5) is 17.8. The van der Waals surface area contributed by atoms with E-state index in [2.05, 4.69) is 25.8 Å². The van der Waals surface area contributed by atoms with Gasteiger partial charge in [0, 0.05) is 17.4 Å². The first-order chi connectivity index (χ1) is 11.2. The van der Waals surface area contributed by atoms with Crippen molar-refractivity contribution < 1.29 is 19.1 Å². The van der Waals surface area contributed by atoms with Gasteiger partial charge in [0.25, 0.3) is 0 Å². The van der Waals surface area contributed by atoms with Crippen LogP contribution in [0.2, 0.25) is 0 Å². The van der Waals surface area contributed by atoms with Gasteiger partial charge in [-0.15, -0.1) is 0 Å². The van der Waals surface area contributed by atoms with Crippen LogP contribution in [0.25, 0.3) is 0 Å². The minimum atomic E-state index is -0.320. The fraction of sp³-hybridized carbons (Fsp3) is 0.944. The lowest BCUT2D eigenvalue weighted by Gasteiger charge is -2.39. The molecule has 24 heavy (non-hydrogen) atoms. The van der Waals surface area contributed by atoms with Gasteiger partial charge >= 0.3 is 5.97 Å². The van der Waals surface area contributed by atoms with E-state index in [1.165, 1.54) is 20.0 Å². The molecule has 2 saturated carbocycles. The van der Waals surface area contributed by atoms with Crippen LogP contribution in [0.1, 0.15) is 47.0 Å². The standard InChI is InChI=1S/C18H30N2O4/c1-9-13(11(19)8-12(21)22-5)16-20(24-9)14-10-6-7-18(4,15(14)23-16)17(10,2)3/h9-11,13-16H,6-8,19H2,1-5H3/t9-,10+,11+,13+,14+,15+,16-,18-/m0/s1. The summed E-state index contributed by atoms with van der Waals surface area (Å²) in [5.41, 5.74) is 6.77. The van der Waals surface area contributed by atoms with Gasteiger partial charge in [-0.05, 0) is 31.1 Å². The van der Waals surface area contributed by atoms with Gasteiger partial charge in [0.15, 0.2) is 0 Å². The molecular weight excluding hydrogens is 308 g/mol. The summed E-state index contributed by atoms with van der Waals surface area (Å²) in [5, 5.41) is 2.09. The number of carbonyl (C=O) groups is 1. The second-order valence-corrected chi connectivity index (χ2v) is 8.91. The number of carbonyl (C=O) groups excluding carboxylic acids is 1. The van der Waals surface area contributed by atoms with Crippen LogP contribution >= 0.6 is 0 Å². The number of nitrogens with zero attached hydrogens (tertiary/aromatic N) is 1. The Morgan fingerprint density at radius 2 is 2.12 bits per heavy atom. The molecule has 6 heteroatoms. The van der Waals surface area contributed by atoms with Crippen molar-refractivity contribution in [2.75, 3.05) is 7.11 Å². The molecule has 0 aromatic rings. The SMILES string of the molecule is COC(=O)C[C@@H](N)[C@H]1[C@H](C)ON2[C@@H]3[C@H]4CC[C@@](C)([C@@H]3O[C@@H]12)C4(C)C. The van der Waals surface area contributed by atoms with Crippen molar-refractivity contribution in [3.05, 3.63) is 0 Å². The average Bonchev–Trinajstić information content (AvgIpc) is 3.13. The minimum absolute atomic E-state index is 0.0131. The predicted molar refractivity (Wildman–Crippen MR) is 87.5 cm³/mol. The molecular formula is C18H30N2O4. The second kappa shape index (κ2) is 5.16. The molecule has 2 N–H and O–H groups in total. The molecule has 0 aromatic carbocycles. The summed E-state index contributed by atoms with van der Waals surface area (Å²) >= 11 is 0. The number of ether oxygens (including phenoxy) is 2. The zero-order chi connectivity index (χ0) is 17.4. The number of hydrogen-bond donors (Lipinski definition) is 1. The van der Waals surface area contributed by atoms with Gasteiger partial charge in [-0.25, -0.2) is 0 Å². The van der Waals surface area contributed by atoms with Gasteiger partial charge in [-0.2, -0.15) is 5.06 Å². The van der Waals surface area contributed by atoms with Gasteiger partial charge < -0.3 is 15.2 Å². The third-order valence-corrected chi connectivity index (χ3v) is 7.84. The van der Waals surface area contributed by atoms with Crippen molar-refractivity contribution >= 4 is 5.97 Å². The molecule has 2 aliphatic carbocycles. The Hall–Kier alpha value is -0.690. The van der Waals surface area contributed by atoms with Gasteiger partial charge in [0.1, 0.15) is 6.23 Å². The first-order valence-electron chi connectivity index (χ1n) is 9.15. The Morgan fingerprint density at radius 3 is 2.79 bits per heavy atom. The molecule has 0 radical (unpaired) electrons. The second-order valence-electron chi connectivity index (χ2n) is 8.91. The summed E-state index contributed by atoms with van der Waals surface area (Å²) in [6.07, 6.45) is 2.63. The largest absolute Gasteiger partial charge is 0.469 e. The van der Waals surface area contributed by atoms with Crippen molar-refractivity contribution in [3.63, 3.8) is 0 Å². The first-order valence-corrected chi connectivity index (χ1v) is 9.15. The molecule has 0 spiro atoms. The number of fused-ring (bicyclic) bond motifs is 7. The molecule has 0 unspecified atom stereocenters. The van der Waals surface area contributed by atoms with Crippen molar-refractivity contribution in [1.29, 1.82) is 0 Å². The van der Waals surface area contributed by atoms with Crippen LogP contribution in [0.4, 0.5) is 0 Å². The highest BCUT2D eigenvalue weighted by molar-refractivity contribution is 5.69. The van der Waals surface area contributed by atoms with Crippen LogP contribution in [0.3, 0.4) is 0 Å². The van der Waals surface area contributed by atoms with E-state index in [0.29, 0.717) is 12.0 Å². The molecule has 4 fully saturated rings. The number of rotatable bonds is 3. The zero-order valence-electron chi connectivity index (χ0n) is 15.3. The molecule has 2 aliphatic heterocycles. The Morgan fingerprint density at radius 1 is 1.42 bits per heavy atom. The number of hydrogen-bond acceptors (Lipinski definition) is 6. The van der Waals surface area contributed by atoms with E-state index >= 15 is 0 Å². The van der Waals surface area contributed by atoms with E-state index < -0.39 is 0 Å². The van der Waals surface area contributed by atoms with Crippen LogP contribution in [0.15, 0.2) is 0 Å². The smallest absolute Gasteiger partial charge is 0.307 e. The Kier molecular flexibility index (Phi) is 3.60. The minimum Gasteiger partial charge on any atom is -0.469 e. The predicted octanol–water partition coefficient (Wildman–Crippen LogP) is 1.68. The molecule has 6 nitrogen and oxygen atoms in total. The highest BCUT2D eigenvalue weighted by atomic mass is 16.8. The molecule has 4 aliphatic rings. The van der Waals surface area contributed by atoms with Crippen LogP contribution < -0.4 is 5.73 Å². The average molecular weight is 338 g/mol. The van der Waals surface area contributed by atoms with Crippen molar-refractivity contribution in [2.24, 2.45) is 28.4 Å². The van der Waals surface area contributed by atoms with Crippen LogP contribution in [0, 0.1) is 22.7 Å². The maximum absolute atomic E-state index is 11.6. The monoisotopic (exact) mass is 338 g/mol. The van der Waals surface area contributed by atoms with E-state index in [-0.39, 0.29) is 53.6 Å². The van der Waals surface area contributed by atoms with E-state index in [1.54, 1.807) is 0 Å². The molecule has 2 heterocycles. The lowest BCUT2D eigenvalue weighted by Crippen LogP contribution is -2.45. The Bertz CT molecular complexity index is 553. The fourth-order valence-electron chi connectivity index (χ4n) is 6.03. The summed E-state index contributed by atoms with van der Waals surface area (Å²) in [5.74, 6) is 0.292. The summed E-state index contributed by atoms with van der Waals surface area (Å²) < 4.78 is 11.3. The number of nitrogens with two attached hydrogens (primary N) is 1. The van der Waals surface area contributed by atoms with Gasteiger partial charge in [-0.1, -0.05) is 20.8 Å². The fourth-order valence-corrected chi connectivity index (χ4v) is 6.03. The van der Waals surface area contributed by atoms with Crippen LogP contribution in [-0.4, -0.2) is 48.7 Å². The molecule has 0 aromatic heterocycles. The Balaban J connectivity index is 1.58. The van der Waals surface area contributed by atoms with E-state index in [1.807, 2.05) is 6.92 Å². The maximum Gasteiger partial charge on any atom is 0.307 e. The lowest BCUT2D eigenvalue weighted by atomic mass is 9.70. The number of esters is 1. The molecule has 8 atom stereocenters. The van der Waals surface area contributed by atoms with Crippen LogP contribution in [-0.2, 0) is 19.1 Å². The Labute approximate surface area is 143 Å². The highest BCUT2D eigenvalue weighted by Gasteiger charge is 2.73. The van der Waals surface area contributed by atoms with E-state index in [4.69, 9.17) is 20.0 Å². The normalized spacial score (nSPS) is 49.9. The van der Waals surface area contributed by atoms with Gasteiger partial charge in [0.2, 0.25) is 0 Å². The van der Waals surface area contributed by atoms with E-state index in [9.17, 15) is 4.79 Å². The molecule has 2 bridgehead atoms. The third kappa shape index (κ3) is 1.88. The zero-order valence-corrected chi connectivity index (χ0v) is 15.3. The van der Waals surface area contributed by atoms with Crippen LogP contribution in [0.5, 0.6) is 0 Å². The molecule has 136 valence electrons. The summed E-state index contributed by atoms with van der Waals surface area (Å²) in [7, 11) is 1.40. The maximum atomic E-state index is 11.6. The topological polar surface area (TPSA) is 74.0 Å². The van der Waals surface area contributed by atoms with Crippen molar-refractivity contribution in [3.8, 4) is 0 Å². The molecule has 0 amide bonds. The molecule has 4 rings (SSSR count). The summed E-state index contributed by atoms with van der Waals surface area (Å²) in [6, 6.07) is -0.0127. The van der Waals surface area contributed by atoms with Crippen molar-refractivity contribution in [1.82, 2.24) is 5.06 Å².